The molecular weight excluding hydrogens is 256 g/mol. The van der Waals surface area contributed by atoms with Crippen LogP contribution in [0.3, 0.4) is 0 Å². The molecule has 0 aromatic heterocycles. The van der Waals surface area contributed by atoms with E-state index in [0.29, 0.717) is 0 Å². The summed E-state index contributed by atoms with van der Waals surface area (Å²) >= 11 is 0. The van der Waals surface area contributed by atoms with Crippen LogP contribution in [0.1, 0.15) is 36.8 Å². The van der Waals surface area contributed by atoms with Gasteiger partial charge in [-0.25, -0.2) is 0 Å². The number of fused-ring (bicyclic) bond motifs is 2. The summed E-state index contributed by atoms with van der Waals surface area (Å²) < 4.78 is 0. The lowest BCUT2D eigenvalue weighted by molar-refractivity contribution is 0.166. The summed E-state index contributed by atoms with van der Waals surface area (Å²) in [6, 6.07) is 11.3. The normalized spacial score (nSPS) is 29.3. The van der Waals surface area contributed by atoms with Crippen molar-refractivity contribution in [3.63, 3.8) is 0 Å². The molecule has 2 nitrogen and oxygen atoms in total. The van der Waals surface area contributed by atoms with E-state index in [-0.39, 0.29) is 12.4 Å². The molecule has 3 rings (SSSR count). The molecule has 106 valence electrons. The number of nitrogens with one attached hydrogen (secondary N) is 1. The third kappa shape index (κ3) is 3.50. The minimum absolute atomic E-state index is 0. The van der Waals surface area contributed by atoms with Crippen molar-refractivity contribution in [2.45, 2.75) is 57.3 Å². The van der Waals surface area contributed by atoms with Crippen molar-refractivity contribution >= 4 is 12.4 Å². The van der Waals surface area contributed by atoms with Gasteiger partial charge < -0.3 is 5.32 Å². The predicted molar refractivity (Wildman–Crippen MR) is 82.9 cm³/mol. The summed E-state index contributed by atoms with van der Waals surface area (Å²) in [6.07, 6.45) is 5.44. The molecule has 2 saturated heterocycles. The molecule has 2 aliphatic rings. The molecule has 19 heavy (non-hydrogen) atoms. The zero-order chi connectivity index (χ0) is 12.5. The second-order valence-corrected chi connectivity index (χ2v) is 6.16. The summed E-state index contributed by atoms with van der Waals surface area (Å²) in [5.41, 5.74) is 2.79. The Morgan fingerprint density at radius 3 is 2.26 bits per heavy atom. The molecule has 2 bridgehead atoms. The predicted octanol–water partition coefficient (Wildman–Crippen LogP) is 3.13. The van der Waals surface area contributed by atoms with E-state index < -0.39 is 0 Å². The number of benzene rings is 1. The Morgan fingerprint density at radius 2 is 1.68 bits per heavy atom. The Hall–Kier alpha value is -0.570. The van der Waals surface area contributed by atoms with Gasteiger partial charge in [-0.05, 0) is 45.2 Å². The number of piperidine rings is 1. The van der Waals surface area contributed by atoms with Gasteiger partial charge in [0.15, 0.2) is 0 Å². The van der Waals surface area contributed by atoms with Gasteiger partial charge in [0.2, 0.25) is 0 Å². The number of aryl methyl sites for hydroxylation is 1. The molecule has 0 spiro atoms. The quantitative estimate of drug-likeness (QED) is 0.915. The summed E-state index contributed by atoms with van der Waals surface area (Å²) in [5, 5.41) is 3.72. The first-order chi connectivity index (χ1) is 8.70. The topological polar surface area (TPSA) is 15.3 Å². The summed E-state index contributed by atoms with van der Waals surface area (Å²) in [7, 11) is 2.29. The lowest BCUT2D eigenvalue weighted by Gasteiger charge is -2.35. The fraction of sp³-hybridized carbons (Fsp3) is 0.625. The summed E-state index contributed by atoms with van der Waals surface area (Å²) in [5.74, 6) is 0. The van der Waals surface area contributed by atoms with Gasteiger partial charge in [-0.1, -0.05) is 29.8 Å². The van der Waals surface area contributed by atoms with Crippen molar-refractivity contribution in [3.05, 3.63) is 35.4 Å². The van der Waals surface area contributed by atoms with Gasteiger partial charge in [0, 0.05) is 24.7 Å². The lowest BCUT2D eigenvalue weighted by Crippen LogP contribution is -2.46. The highest BCUT2D eigenvalue weighted by molar-refractivity contribution is 5.85. The molecule has 0 saturated carbocycles. The van der Waals surface area contributed by atoms with Crippen LogP contribution in [0.15, 0.2) is 24.3 Å². The number of hydrogen-bond donors (Lipinski definition) is 1. The highest BCUT2D eigenvalue weighted by atomic mass is 35.5. The molecule has 1 aromatic carbocycles. The highest BCUT2D eigenvalue weighted by Crippen LogP contribution is 2.29. The first kappa shape index (κ1) is 14.8. The average molecular weight is 281 g/mol. The van der Waals surface area contributed by atoms with Crippen LogP contribution in [-0.4, -0.2) is 30.1 Å². The molecule has 0 aliphatic carbocycles. The molecule has 2 fully saturated rings. The summed E-state index contributed by atoms with van der Waals surface area (Å²) in [6.45, 7) is 3.24. The van der Waals surface area contributed by atoms with Gasteiger partial charge in [0.25, 0.3) is 0 Å². The smallest absolute Gasteiger partial charge is 0.0233 e. The average Bonchev–Trinajstić information content (AvgIpc) is 2.71. The lowest BCUT2D eigenvalue weighted by atomic mass is 9.98. The van der Waals surface area contributed by atoms with E-state index in [0.717, 1.165) is 24.7 Å². The van der Waals surface area contributed by atoms with Gasteiger partial charge in [0.05, 0.1) is 0 Å². The minimum atomic E-state index is 0. The Labute approximate surface area is 123 Å². The van der Waals surface area contributed by atoms with Crippen molar-refractivity contribution in [3.8, 4) is 0 Å². The largest absolute Gasteiger partial charge is 0.311 e. The van der Waals surface area contributed by atoms with Crippen molar-refractivity contribution < 1.29 is 0 Å². The van der Waals surface area contributed by atoms with E-state index >= 15 is 0 Å². The van der Waals surface area contributed by atoms with Gasteiger partial charge in [-0.15, -0.1) is 12.4 Å². The van der Waals surface area contributed by atoms with Crippen molar-refractivity contribution in [1.29, 1.82) is 0 Å². The molecule has 0 radical (unpaired) electrons. The highest BCUT2D eigenvalue weighted by Gasteiger charge is 2.34. The van der Waals surface area contributed by atoms with Crippen LogP contribution in [0, 0.1) is 6.92 Å². The second kappa shape index (κ2) is 6.25. The Bertz CT molecular complexity index is 392. The van der Waals surface area contributed by atoms with Gasteiger partial charge in [-0.3, -0.25) is 4.90 Å². The third-order valence-corrected chi connectivity index (χ3v) is 4.62. The standard InChI is InChI=1S/C16H24N2.ClH/c1-12-3-5-13(6-4-12)11-18(2)16-9-14-7-8-15(10-16)17-14;/h3-6,14-17H,7-11H2,1-2H3;1H. The maximum Gasteiger partial charge on any atom is 0.0233 e. The second-order valence-electron chi connectivity index (χ2n) is 6.16. The van der Waals surface area contributed by atoms with Gasteiger partial charge in [-0.2, -0.15) is 0 Å². The van der Waals surface area contributed by atoms with Crippen molar-refractivity contribution in [2.75, 3.05) is 7.05 Å². The van der Waals surface area contributed by atoms with E-state index in [9.17, 15) is 0 Å². The fourth-order valence-corrected chi connectivity index (χ4v) is 3.50. The van der Waals surface area contributed by atoms with Crippen LogP contribution in [0.25, 0.3) is 0 Å². The van der Waals surface area contributed by atoms with E-state index in [2.05, 4.69) is 48.5 Å². The molecular formula is C16H25ClN2. The molecule has 1 N–H and O–H groups in total. The maximum absolute atomic E-state index is 3.72. The van der Waals surface area contributed by atoms with E-state index in [4.69, 9.17) is 0 Å². The molecule has 2 aliphatic heterocycles. The molecule has 1 aromatic rings. The number of rotatable bonds is 3. The summed E-state index contributed by atoms with van der Waals surface area (Å²) in [4.78, 5) is 2.55. The van der Waals surface area contributed by atoms with E-state index in [1.54, 1.807) is 0 Å². The van der Waals surface area contributed by atoms with Crippen LogP contribution in [0.2, 0.25) is 0 Å². The van der Waals surface area contributed by atoms with Crippen LogP contribution in [0.5, 0.6) is 0 Å². The Kier molecular flexibility index (Phi) is 4.88. The van der Waals surface area contributed by atoms with Crippen molar-refractivity contribution in [2.24, 2.45) is 0 Å². The van der Waals surface area contributed by atoms with E-state index in [1.165, 1.54) is 36.8 Å². The first-order valence-electron chi connectivity index (χ1n) is 7.22. The number of nitrogens with zero attached hydrogens (tertiary/aromatic N) is 1. The first-order valence-corrected chi connectivity index (χ1v) is 7.22. The maximum atomic E-state index is 3.72. The monoisotopic (exact) mass is 280 g/mol. The fourth-order valence-electron chi connectivity index (χ4n) is 3.50. The number of halogens is 1. The molecule has 2 atom stereocenters. The zero-order valence-corrected chi connectivity index (χ0v) is 12.7. The Balaban J connectivity index is 0.00000133. The Morgan fingerprint density at radius 1 is 1.11 bits per heavy atom. The molecule has 2 unspecified atom stereocenters. The zero-order valence-electron chi connectivity index (χ0n) is 11.9. The van der Waals surface area contributed by atoms with E-state index in [1.807, 2.05) is 0 Å². The van der Waals surface area contributed by atoms with Crippen LogP contribution < -0.4 is 5.32 Å². The SMILES string of the molecule is Cc1ccc(CN(C)C2CC3CCC(C2)N3)cc1.Cl. The van der Waals surface area contributed by atoms with Crippen LogP contribution in [-0.2, 0) is 6.54 Å². The van der Waals surface area contributed by atoms with Crippen molar-refractivity contribution in [1.82, 2.24) is 10.2 Å². The number of hydrogen-bond acceptors (Lipinski definition) is 2. The minimum Gasteiger partial charge on any atom is -0.311 e. The molecule has 0 amide bonds. The van der Waals surface area contributed by atoms with Gasteiger partial charge >= 0.3 is 0 Å². The van der Waals surface area contributed by atoms with Crippen LogP contribution in [0.4, 0.5) is 0 Å². The van der Waals surface area contributed by atoms with Gasteiger partial charge in [0.1, 0.15) is 0 Å². The molecule has 2 heterocycles. The molecule has 3 heteroatoms. The third-order valence-electron chi connectivity index (χ3n) is 4.62. The van der Waals surface area contributed by atoms with Crippen LogP contribution >= 0.6 is 12.4 Å².